The van der Waals surface area contributed by atoms with Gasteiger partial charge < -0.3 is 36.5 Å². The number of imidazole rings is 1. The number of fused-ring (bicyclic) bond motifs is 1. The van der Waals surface area contributed by atoms with E-state index >= 15 is 0 Å². The Morgan fingerprint density at radius 1 is 1.52 bits per heavy atom. The van der Waals surface area contributed by atoms with E-state index < -0.39 is 42.6 Å². The molecular formula is C14H21N7O6. The molecule has 13 heteroatoms. The maximum atomic E-state index is 11.9. The predicted octanol–water partition coefficient (Wildman–Crippen LogP) is -3.59. The Morgan fingerprint density at radius 3 is 3.00 bits per heavy atom. The first-order valence-electron chi connectivity index (χ1n) is 8.21. The lowest BCUT2D eigenvalue weighted by atomic mass is 10.1. The summed E-state index contributed by atoms with van der Waals surface area (Å²) in [5, 5.41) is 22.3. The zero-order chi connectivity index (χ0) is 19.6. The van der Waals surface area contributed by atoms with Gasteiger partial charge in [-0.05, 0) is 0 Å². The van der Waals surface area contributed by atoms with Crippen LogP contribution in [-0.4, -0.2) is 80.3 Å². The number of rotatable bonds is 7. The second-order valence-corrected chi connectivity index (χ2v) is 5.93. The number of aliphatic hydroxyl groups is 2. The van der Waals surface area contributed by atoms with Gasteiger partial charge in [-0.1, -0.05) is 0 Å². The van der Waals surface area contributed by atoms with E-state index in [1.165, 1.54) is 10.9 Å². The summed E-state index contributed by atoms with van der Waals surface area (Å²) in [6.45, 7) is -0.270. The predicted molar refractivity (Wildman–Crippen MR) is 91.4 cm³/mol. The Labute approximate surface area is 152 Å². The quantitative estimate of drug-likeness (QED) is 0.277. The summed E-state index contributed by atoms with van der Waals surface area (Å²) in [6, 6.07) is 0. The molecule has 0 aliphatic carbocycles. The Hall–Kier alpha value is -2.58. The molecule has 1 saturated heterocycles. The molecule has 1 amide bonds. The number of hydrogen-bond acceptors (Lipinski definition) is 10. The number of aliphatic hydroxyl groups excluding tert-OH is 2. The van der Waals surface area contributed by atoms with Crippen molar-refractivity contribution in [2.24, 2.45) is 5.73 Å². The summed E-state index contributed by atoms with van der Waals surface area (Å²) in [6.07, 6.45) is -2.90. The molecule has 0 radical (unpaired) electrons. The lowest BCUT2D eigenvalue weighted by molar-refractivity contribution is -0.132. The first kappa shape index (κ1) is 19.2. The van der Waals surface area contributed by atoms with Crippen LogP contribution in [0.5, 0.6) is 0 Å². The van der Waals surface area contributed by atoms with Crippen LogP contribution < -0.4 is 22.3 Å². The number of nitrogens with one attached hydrogen (secondary N) is 2. The van der Waals surface area contributed by atoms with Gasteiger partial charge in [0.15, 0.2) is 17.4 Å². The molecule has 0 spiro atoms. The smallest absolute Gasteiger partial charge is 0.280 e. The molecule has 3 rings (SSSR count). The number of H-pyrrole nitrogens is 1. The first-order valence-corrected chi connectivity index (χ1v) is 8.21. The molecular weight excluding hydrogens is 362 g/mol. The van der Waals surface area contributed by atoms with Crippen LogP contribution in [0.15, 0.2) is 11.1 Å². The Bertz CT molecular complexity index is 867. The third kappa shape index (κ3) is 3.77. The number of nitrogens with two attached hydrogens (primary N) is 2. The molecule has 1 fully saturated rings. The molecule has 8 N–H and O–H groups in total. The molecule has 1 aliphatic rings. The summed E-state index contributed by atoms with van der Waals surface area (Å²) in [5.41, 5.74) is 10.5. The number of nitrogens with zero attached hydrogens (tertiary/aromatic N) is 3. The van der Waals surface area contributed by atoms with Crippen LogP contribution in [0.1, 0.15) is 6.23 Å². The van der Waals surface area contributed by atoms with E-state index in [-0.39, 0.29) is 36.8 Å². The number of aromatic nitrogens is 4. The van der Waals surface area contributed by atoms with Crippen LogP contribution in [0.2, 0.25) is 0 Å². The van der Waals surface area contributed by atoms with E-state index in [0.717, 1.165) is 0 Å². The number of carbonyl (C=O) groups is 1. The maximum Gasteiger partial charge on any atom is 0.280 e. The van der Waals surface area contributed by atoms with Gasteiger partial charge in [-0.15, -0.1) is 0 Å². The maximum absolute atomic E-state index is 11.9. The van der Waals surface area contributed by atoms with Gasteiger partial charge in [-0.25, -0.2) is 4.98 Å². The van der Waals surface area contributed by atoms with Crippen molar-refractivity contribution in [1.82, 2.24) is 24.8 Å². The fraction of sp³-hybridized carbons (Fsp3) is 0.571. The lowest BCUT2D eigenvalue weighted by Gasteiger charge is -2.21. The van der Waals surface area contributed by atoms with Crippen LogP contribution >= 0.6 is 0 Å². The molecule has 148 valence electrons. The van der Waals surface area contributed by atoms with E-state index in [0.29, 0.717) is 0 Å². The van der Waals surface area contributed by atoms with E-state index in [2.05, 4.69) is 20.3 Å². The number of hydrogen-bond donors (Lipinski definition) is 6. The summed E-state index contributed by atoms with van der Waals surface area (Å²) >= 11 is 0. The highest BCUT2D eigenvalue weighted by molar-refractivity contribution is 5.77. The Balaban J connectivity index is 1.87. The van der Waals surface area contributed by atoms with E-state index in [1.807, 2.05) is 0 Å². The minimum absolute atomic E-state index is 0.0224. The zero-order valence-corrected chi connectivity index (χ0v) is 14.2. The molecule has 2 aromatic heterocycles. The van der Waals surface area contributed by atoms with Gasteiger partial charge in [0.05, 0.1) is 12.9 Å². The molecule has 0 unspecified atom stereocenters. The third-order valence-electron chi connectivity index (χ3n) is 4.09. The fourth-order valence-electron chi connectivity index (χ4n) is 2.84. The summed E-state index contributed by atoms with van der Waals surface area (Å²) < 4.78 is 12.5. The van der Waals surface area contributed by atoms with Gasteiger partial charge in [0, 0.05) is 13.1 Å². The largest absolute Gasteiger partial charge is 0.394 e. The summed E-state index contributed by atoms with van der Waals surface area (Å²) in [5.74, 6) is -0.543. The number of carbonyl (C=O) groups excluding carboxylic acids is 1. The molecule has 3 heterocycles. The monoisotopic (exact) mass is 383 g/mol. The van der Waals surface area contributed by atoms with Crippen molar-refractivity contribution in [2.45, 2.75) is 24.5 Å². The van der Waals surface area contributed by atoms with Crippen LogP contribution in [0.3, 0.4) is 0 Å². The number of nitrogen functional groups attached to an aromatic ring is 1. The second kappa shape index (κ2) is 7.98. The van der Waals surface area contributed by atoms with Crippen molar-refractivity contribution >= 4 is 23.0 Å². The van der Waals surface area contributed by atoms with Crippen molar-refractivity contribution in [1.29, 1.82) is 0 Å². The number of amides is 1. The third-order valence-corrected chi connectivity index (χ3v) is 4.09. The molecule has 1 aliphatic heterocycles. The fourth-order valence-corrected chi connectivity index (χ4v) is 2.84. The van der Waals surface area contributed by atoms with Gasteiger partial charge in [0.2, 0.25) is 11.9 Å². The van der Waals surface area contributed by atoms with E-state index in [1.54, 1.807) is 0 Å². The number of aromatic amines is 1. The molecule has 27 heavy (non-hydrogen) atoms. The molecule has 0 bridgehead atoms. The highest BCUT2D eigenvalue weighted by Gasteiger charge is 2.46. The lowest BCUT2D eigenvalue weighted by Crippen LogP contribution is -2.39. The van der Waals surface area contributed by atoms with E-state index in [9.17, 15) is 19.8 Å². The van der Waals surface area contributed by atoms with Crippen LogP contribution in [-0.2, 0) is 14.3 Å². The topological polar surface area (TPSA) is 204 Å². The van der Waals surface area contributed by atoms with Crippen molar-refractivity contribution in [3.63, 3.8) is 0 Å². The molecule has 0 aromatic carbocycles. The minimum atomic E-state index is -1.22. The van der Waals surface area contributed by atoms with Crippen LogP contribution in [0.4, 0.5) is 5.95 Å². The molecule has 2 aromatic rings. The van der Waals surface area contributed by atoms with Crippen molar-refractivity contribution < 1.29 is 24.5 Å². The van der Waals surface area contributed by atoms with E-state index in [4.69, 9.17) is 20.9 Å². The number of anilines is 1. The molecule has 13 nitrogen and oxygen atoms in total. The van der Waals surface area contributed by atoms with Gasteiger partial charge in [-0.2, -0.15) is 4.98 Å². The minimum Gasteiger partial charge on any atom is -0.394 e. The Morgan fingerprint density at radius 2 is 2.30 bits per heavy atom. The van der Waals surface area contributed by atoms with Crippen molar-refractivity contribution in [2.75, 3.05) is 32.0 Å². The van der Waals surface area contributed by atoms with Crippen molar-refractivity contribution in [3.8, 4) is 0 Å². The highest BCUT2D eigenvalue weighted by Crippen LogP contribution is 2.33. The van der Waals surface area contributed by atoms with Gasteiger partial charge >= 0.3 is 0 Å². The van der Waals surface area contributed by atoms with Crippen LogP contribution in [0.25, 0.3) is 11.2 Å². The SMILES string of the molecule is NCCNC(=O)CO[C@@H]1[C@H](O)[C@@H](CO)O[C@H]1n1cnc2c(=O)[nH]c(N)nc21. The van der Waals surface area contributed by atoms with Crippen LogP contribution in [0, 0.1) is 0 Å². The molecule has 0 saturated carbocycles. The normalized spacial score (nSPS) is 25.1. The van der Waals surface area contributed by atoms with Crippen molar-refractivity contribution in [3.05, 3.63) is 16.7 Å². The van der Waals surface area contributed by atoms with Gasteiger partial charge in [-0.3, -0.25) is 19.1 Å². The first-order chi connectivity index (χ1) is 13.0. The summed E-state index contributed by atoms with van der Waals surface area (Å²) in [7, 11) is 0. The average Bonchev–Trinajstić information content (AvgIpc) is 3.19. The highest BCUT2D eigenvalue weighted by atomic mass is 16.6. The number of ether oxygens (including phenoxy) is 2. The standard InChI is InChI=1S/C14H21N7O6/c15-1-2-17-7(23)4-26-10-9(24)6(3-22)27-13(10)21-5-18-8-11(21)19-14(16)20-12(8)25/h5-6,9-10,13,22,24H,1-4,15H2,(H,17,23)(H3,16,19,20,25)/t6-,9-,10-,13-/m1/s1. The van der Waals surface area contributed by atoms with Gasteiger partial charge in [0.1, 0.15) is 24.9 Å². The molecule has 4 atom stereocenters. The Kier molecular flexibility index (Phi) is 5.67. The van der Waals surface area contributed by atoms with Gasteiger partial charge in [0.25, 0.3) is 5.56 Å². The second-order valence-electron chi connectivity index (χ2n) is 5.93. The average molecular weight is 383 g/mol. The summed E-state index contributed by atoms with van der Waals surface area (Å²) in [4.78, 5) is 34.0. The zero-order valence-electron chi connectivity index (χ0n) is 14.2.